The average molecular weight is 172 g/mol. The third-order valence-electron chi connectivity index (χ3n) is 1.68. The molecule has 0 aromatic heterocycles. The van der Waals surface area contributed by atoms with Gasteiger partial charge in [0.05, 0.1) is 0 Å². The average Bonchev–Trinajstić information content (AvgIpc) is 2.51. The summed E-state index contributed by atoms with van der Waals surface area (Å²) in [5.74, 6) is 0.0983. The van der Waals surface area contributed by atoms with Crippen molar-refractivity contribution in [2.24, 2.45) is 11.0 Å². The van der Waals surface area contributed by atoms with Crippen molar-refractivity contribution in [3.8, 4) is 0 Å². The first-order valence-corrected chi connectivity index (χ1v) is 3.75. The number of carbonyl (C=O) groups is 1. The highest BCUT2D eigenvalue weighted by molar-refractivity contribution is 5.84. The Kier molecular flexibility index (Phi) is 2.87. The molecule has 6 heteroatoms. The van der Waals surface area contributed by atoms with Gasteiger partial charge in [-0.05, 0) is 6.42 Å². The SMILES string of the molecule is CC(CCC(=O)O)C1=NNNN1. The van der Waals surface area contributed by atoms with Crippen LogP contribution in [0.25, 0.3) is 0 Å². The van der Waals surface area contributed by atoms with Gasteiger partial charge in [0.25, 0.3) is 0 Å². The van der Waals surface area contributed by atoms with Gasteiger partial charge in [-0.25, -0.2) is 5.53 Å². The first kappa shape index (κ1) is 8.79. The van der Waals surface area contributed by atoms with E-state index in [0.29, 0.717) is 6.42 Å². The highest BCUT2D eigenvalue weighted by Gasteiger charge is 2.14. The van der Waals surface area contributed by atoms with Crippen LogP contribution >= 0.6 is 0 Å². The number of carboxylic acids is 1. The number of nitrogens with one attached hydrogen (secondary N) is 3. The second-order valence-corrected chi connectivity index (χ2v) is 2.69. The van der Waals surface area contributed by atoms with E-state index >= 15 is 0 Å². The molecule has 0 saturated carbocycles. The van der Waals surface area contributed by atoms with Crippen LogP contribution in [0.1, 0.15) is 19.8 Å². The van der Waals surface area contributed by atoms with Gasteiger partial charge < -0.3 is 5.11 Å². The number of amidine groups is 1. The molecule has 0 aromatic carbocycles. The molecule has 0 radical (unpaired) electrons. The fourth-order valence-electron chi connectivity index (χ4n) is 0.918. The minimum atomic E-state index is -0.777. The lowest BCUT2D eigenvalue weighted by Gasteiger charge is -2.07. The Balaban J connectivity index is 2.27. The molecule has 1 unspecified atom stereocenters. The largest absolute Gasteiger partial charge is 0.481 e. The highest BCUT2D eigenvalue weighted by Crippen LogP contribution is 2.06. The smallest absolute Gasteiger partial charge is 0.303 e. The van der Waals surface area contributed by atoms with E-state index in [9.17, 15) is 4.79 Å². The normalized spacial score (nSPS) is 17.6. The zero-order valence-electron chi connectivity index (χ0n) is 6.79. The Bertz CT molecular complexity index is 204. The molecule has 0 aliphatic carbocycles. The Morgan fingerprint density at radius 2 is 2.50 bits per heavy atom. The van der Waals surface area contributed by atoms with Crippen LogP contribution < -0.4 is 16.5 Å². The van der Waals surface area contributed by atoms with Crippen molar-refractivity contribution in [3.05, 3.63) is 0 Å². The van der Waals surface area contributed by atoms with E-state index < -0.39 is 5.97 Å². The molecule has 0 spiro atoms. The van der Waals surface area contributed by atoms with Crippen LogP contribution in [0.3, 0.4) is 0 Å². The number of hydrogen-bond donors (Lipinski definition) is 4. The molecule has 1 aliphatic rings. The lowest BCUT2D eigenvalue weighted by Crippen LogP contribution is -2.37. The molecular weight excluding hydrogens is 160 g/mol. The summed E-state index contributed by atoms with van der Waals surface area (Å²) in [6, 6.07) is 0. The number of hydrazone groups is 1. The predicted octanol–water partition coefficient (Wildman–Crippen LogP) is -0.587. The van der Waals surface area contributed by atoms with Gasteiger partial charge in [0, 0.05) is 12.3 Å². The van der Waals surface area contributed by atoms with Crippen LogP contribution in [0, 0.1) is 5.92 Å². The molecular formula is C6H12N4O2. The summed E-state index contributed by atoms with van der Waals surface area (Å²) >= 11 is 0. The Hall–Kier alpha value is -1.30. The molecule has 0 bridgehead atoms. The van der Waals surface area contributed by atoms with Gasteiger partial charge in [0.15, 0.2) is 0 Å². The van der Waals surface area contributed by atoms with Gasteiger partial charge in [-0.1, -0.05) is 6.92 Å². The van der Waals surface area contributed by atoms with Gasteiger partial charge in [-0.2, -0.15) is 0 Å². The number of aliphatic carboxylic acids is 1. The van der Waals surface area contributed by atoms with E-state index in [0.717, 1.165) is 5.84 Å². The highest BCUT2D eigenvalue weighted by atomic mass is 16.4. The summed E-state index contributed by atoms with van der Waals surface area (Å²) in [7, 11) is 0. The summed E-state index contributed by atoms with van der Waals surface area (Å²) in [4.78, 5) is 10.2. The van der Waals surface area contributed by atoms with Gasteiger partial charge in [-0.3, -0.25) is 10.2 Å². The van der Waals surface area contributed by atoms with Crippen LogP contribution in [0.15, 0.2) is 5.10 Å². The number of hydrazine groups is 2. The third-order valence-corrected chi connectivity index (χ3v) is 1.68. The maximum absolute atomic E-state index is 10.2. The molecule has 4 N–H and O–H groups in total. The first-order valence-electron chi connectivity index (χ1n) is 3.75. The van der Waals surface area contributed by atoms with Crippen molar-refractivity contribution in [2.75, 3.05) is 0 Å². The van der Waals surface area contributed by atoms with E-state index in [1.54, 1.807) is 0 Å². The summed E-state index contributed by atoms with van der Waals surface area (Å²) in [5, 5.41) is 12.3. The lowest BCUT2D eigenvalue weighted by molar-refractivity contribution is -0.137. The monoisotopic (exact) mass is 172 g/mol. The molecule has 0 amide bonds. The van der Waals surface area contributed by atoms with Crippen molar-refractivity contribution >= 4 is 11.8 Å². The van der Waals surface area contributed by atoms with Crippen LogP contribution in [0.2, 0.25) is 0 Å². The number of carboxylic acid groups (broad SMARTS) is 1. The minimum absolute atomic E-state index is 0.128. The van der Waals surface area contributed by atoms with Crippen molar-refractivity contribution in [1.29, 1.82) is 0 Å². The van der Waals surface area contributed by atoms with Crippen LogP contribution in [0.4, 0.5) is 0 Å². The molecule has 1 heterocycles. The van der Waals surface area contributed by atoms with Crippen molar-refractivity contribution in [3.63, 3.8) is 0 Å². The second kappa shape index (κ2) is 3.91. The standard InChI is InChI=1S/C6H12N4O2/c1-4(2-3-5(11)12)6-7-9-10-8-6/h4,9-10H,2-3H2,1H3,(H,7,8)(H,11,12). The number of rotatable bonds is 4. The van der Waals surface area contributed by atoms with Gasteiger partial charge in [0.1, 0.15) is 5.84 Å². The Morgan fingerprint density at radius 3 is 3.00 bits per heavy atom. The minimum Gasteiger partial charge on any atom is -0.481 e. The fourth-order valence-corrected chi connectivity index (χ4v) is 0.918. The van der Waals surface area contributed by atoms with Crippen molar-refractivity contribution < 1.29 is 9.90 Å². The molecule has 1 atom stereocenters. The molecule has 68 valence electrons. The Morgan fingerprint density at radius 1 is 1.75 bits per heavy atom. The second-order valence-electron chi connectivity index (χ2n) is 2.69. The lowest BCUT2D eigenvalue weighted by atomic mass is 10.1. The summed E-state index contributed by atoms with van der Waals surface area (Å²) < 4.78 is 0. The summed E-state index contributed by atoms with van der Waals surface area (Å²) in [6.07, 6.45) is 0.756. The fraction of sp³-hybridized carbons (Fsp3) is 0.667. The molecule has 12 heavy (non-hydrogen) atoms. The summed E-state index contributed by atoms with van der Waals surface area (Å²) in [5.41, 5.74) is 7.89. The molecule has 1 aliphatic heterocycles. The maximum Gasteiger partial charge on any atom is 0.303 e. The molecule has 6 nitrogen and oxygen atoms in total. The zero-order valence-corrected chi connectivity index (χ0v) is 6.79. The molecule has 0 fully saturated rings. The van der Waals surface area contributed by atoms with Gasteiger partial charge >= 0.3 is 5.97 Å². The van der Waals surface area contributed by atoms with Gasteiger partial charge in [0.2, 0.25) is 0 Å². The van der Waals surface area contributed by atoms with E-state index in [2.05, 4.69) is 21.6 Å². The maximum atomic E-state index is 10.2. The number of nitrogens with zero attached hydrogens (tertiary/aromatic N) is 1. The Labute approximate surface area is 70.0 Å². The molecule has 0 saturated heterocycles. The van der Waals surface area contributed by atoms with Crippen molar-refractivity contribution in [1.82, 2.24) is 16.5 Å². The summed E-state index contributed by atoms with van der Waals surface area (Å²) in [6.45, 7) is 1.92. The predicted molar refractivity (Wildman–Crippen MR) is 42.9 cm³/mol. The van der Waals surface area contributed by atoms with Gasteiger partial charge in [-0.15, -0.1) is 10.6 Å². The van der Waals surface area contributed by atoms with Crippen LogP contribution in [-0.4, -0.2) is 16.9 Å². The van der Waals surface area contributed by atoms with E-state index in [4.69, 9.17) is 5.11 Å². The quantitative estimate of drug-likeness (QED) is 0.455. The van der Waals surface area contributed by atoms with E-state index in [1.165, 1.54) is 0 Å². The third kappa shape index (κ3) is 2.39. The zero-order chi connectivity index (χ0) is 8.97. The van der Waals surface area contributed by atoms with Crippen LogP contribution in [0.5, 0.6) is 0 Å². The molecule has 1 rings (SSSR count). The first-order chi connectivity index (χ1) is 5.70. The van der Waals surface area contributed by atoms with E-state index in [-0.39, 0.29) is 12.3 Å². The molecule has 0 aromatic rings. The topological polar surface area (TPSA) is 85.8 Å². The van der Waals surface area contributed by atoms with Crippen molar-refractivity contribution in [2.45, 2.75) is 19.8 Å². The van der Waals surface area contributed by atoms with E-state index in [1.807, 2.05) is 6.92 Å². The number of hydrogen-bond acceptors (Lipinski definition) is 5. The van der Waals surface area contributed by atoms with Crippen LogP contribution in [-0.2, 0) is 4.79 Å².